The highest BCUT2D eigenvalue weighted by Gasteiger charge is 2.14. The first-order valence-corrected chi connectivity index (χ1v) is 7.27. The normalized spacial score (nSPS) is 11.3. The van der Waals surface area contributed by atoms with E-state index in [1.807, 2.05) is 56.5 Å². The second-order valence-electron chi connectivity index (χ2n) is 5.18. The first-order chi connectivity index (χ1) is 10.5. The van der Waals surface area contributed by atoms with Gasteiger partial charge in [-0.05, 0) is 31.6 Å². The van der Waals surface area contributed by atoms with Gasteiger partial charge in [-0.2, -0.15) is 5.10 Å². The Bertz CT molecular complexity index is 698. The molecular formula is C18H21N3O. The Morgan fingerprint density at radius 3 is 2.64 bits per heavy atom. The zero-order valence-corrected chi connectivity index (χ0v) is 13.3. The van der Waals surface area contributed by atoms with Crippen molar-refractivity contribution < 1.29 is 4.79 Å². The maximum atomic E-state index is 12.4. The van der Waals surface area contributed by atoms with Crippen molar-refractivity contribution in [1.29, 1.82) is 0 Å². The van der Waals surface area contributed by atoms with Crippen molar-refractivity contribution in [3.05, 3.63) is 66.1 Å². The summed E-state index contributed by atoms with van der Waals surface area (Å²) in [6.07, 6.45) is 6.22. The van der Waals surface area contributed by atoms with E-state index in [1.165, 1.54) is 0 Å². The molecule has 0 spiro atoms. The first kappa shape index (κ1) is 15.8. The molecule has 22 heavy (non-hydrogen) atoms. The zero-order valence-electron chi connectivity index (χ0n) is 13.3. The van der Waals surface area contributed by atoms with E-state index in [-0.39, 0.29) is 5.91 Å². The Balaban J connectivity index is 2.26. The minimum Gasteiger partial charge on any atom is -0.316 e. The number of rotatable bonds is 5. The molecule has 0 bridgehead atoms. The van der Waals surface area contributed by atoms with Crippen LogP contribution in [0, 0.1) is 0 Å². The number of para-hydroxylation sites is 1. The van der Waals surface area contributed by atoms with Crippen LogP contribution in [0.1, 0.15) is 25.8 Å². The van der Waals surface area contributed by atoms with E-state index in [2.05, 4.69) is 11.7 Å². The van der Waals surface area contributed by atoms with E-state index < -0.39 is 0 Å². The van der Waals surface area contributed by atoms with E-state index in [1.54, 1.807) is 22.8 Å². The van der Waals surface area contributed by atoms with Crippen molar-refractivity contribution in [2.24, 2.45) is 0 Å². The Hall–Kier alpha value is -2.62. The second kappa shape index (κ2) is 6.89. The van der Waals surface area contributed by atoms with Crippen LogP contribution in [0.4, 0.5) is 0 Å². The summed E-state index contributed by atoms with van der Waals surface area (Å²) in [7, 11) is 1.74. The molecule has 0 aliphatic rings. The lowest BCUT2D eigenvalue weighted by atomic mass is 10.1. The van der Waals surface area contributed by atoms with Gasteiger partial charge >= 0.3 is 0 Å². The third-order valence-electron chi connectivity index (χ3n) is 3.50. The molecule has 2 rings (SSSR count). The highest BCUT2D eigenvalue weighted by molar-refractivity contribution is 5.98. The molecule has 0 saturated heterocycles. The third-order valence-corrected chi connectivity index (χ3v) is 3.50. The van der Waals surface area contributed by atoms with E-state index in [9.17, 15) is 4.79 Å². The summed E-state index contributed by atoms with van der Waals surface area (Å²) < 4.78 is 1.80. The summed E-state index contributed by atoms with van der Waals surface area (Å²) in [6.45, 7) is 7.59. The van der Waals surface area contributed by atoms with Gasteiger partial charge in [0.05, 0.1) is 11.9 Å². The molecule has 1 aromatic heterocycles. The summed E-state index contributed by atoms with van der Waals surface area (Å²) in [4.78, 5) is 13.9. The molecule has 0 aliphatic heterocycles. The molecule has 0 atom stereocenters. The van der Waals surface area contributed by atoms with Crippen molar-refractivity contribution in [3.63, 3.8) is 0 Å². The number of aromatic nitrogens is 2. The monoisotopic (exact) mass is 295 g/mol. The van der Waals surface area contributed by atoms with Crippen molar-refractivity contribution in [1.82, 2.24) is 14.7 Å². The van der Waals surface area contributed by atoms with E-state index >= 15 is 0 Å². The van der Waals surface area contributed by atoms with E-state index in [0.29, 0.717) is 6.42 Å². The van der Waals surface area contributed by atoms with Crippen LogP contribution < -0.4 is 0 Å². The maximum absolute atomic E-state index is 12.4. The molecule has 1 aromatic carbocycles. The number of nitrogens with zero attached hydrogens (tertiary/aromatic N) is 3. The number of hydrogen-bond donors (Lipinski definition) is 0. The van der Waals surface area contributed by atoms with Crippen molar-refractivity contribution in [2.45, 2.75) is 20.3 Å². The van der Waals surface area contributed by atoms with Gasteiger partial charge in [0.15, 0.2) is 0 Å². The lowest BCUT2D eigenvalue weighted by Crippen LogP contribution is -2.25. The number of hydrogen-bond acceptors (Lipinski definition) is 2. The summed E-state index contributed by atoms with van der Waals surface area (Å²) in [5, 5.41) is 4.34. The molecule has 4 heteroatoms. The molecule has 114 valence electrons. The van der Waals surface area contributed by atoms with Gasteiger partial charge in [0.25, 0.3) is 5.91 Å². The van der Waals surface area contributed by atoms with Crippen LogP contribution in [0.5, 0.6) is 0 Å². The Labute approximate surface area is 131 Å². The Morgan fingerprint density at radius 2 is 2.05 bits per heavy atom. The summed E-state index contributed by atoms with van der Waals surface area (Å²) in [5.41, 5.74) is 3.36. The second-order valence-corrected chi connectivity index (χ2v) is 5.18. The van der Waals surface area contributed by atoms with Gasteiger partial charge < -0.3 is 4.90 Å². The largest absolute Gasteiger partial charge is 0.316 e. The van der Waals surface area contributed by atoms with Crippen molar-refractivity contribution in [3.8, 4) is 5.69 Å². The predicted octanol–water partition coefficient (Wildman–Crippen LogP) is 3.66. The van der Waals surface area contributed by atoms with Gasteiger partial charge in [-0.3, -0.25) is 4.79 Å². The molecule has 2 aromatic rings. The minimum absolute atomic E-state index is 0.0255. The molecule has 0 unspecified atom stereocenters. The number of amides is 1. The van der Waals surface area contributed by atoms with Gasteiger partial charge in [-0.25, -0.2) is 4.68 Å². The SMILES string of the molecule is C=C(C)N(C)C(=O)/C(=C/c1cnn(-c2ccccc2)c1)CC. The molecule has 0 radical (unpaired) electrons. The number of allylic oxidation sites excluding steroid dienone is 1. The summed E-state index contributed by atoms with van der Waals surface area (Å²) >= 11 is 0. The lowest BCUT2D eigenvalue weighted by molar-refractivity contribution is -0.124. The van der Waals surface area contributed by atoms with Crippen LogP contribution in [0.3, 0.4) is 0 Å². The first-order valence-electron chi connectivity index (χ1n) is 7.27. The molecule has 0 fully saturated rings. The molecule has 0 N–H and O–H groups in total. The molecule has 4 nitrogen and oxygen atoms in total. The topological polar surface area (TPSA) is 38.1 Å². The average molecular weight is 295 g/mol. The van der Waals surface area contributed by atoms with Gasteiger partial charge in [0.1, 0.15) is 0 Å². The van der Waals surface area contributed by atoms with Crippen LogP contribution in [-0.2, 0) is 4.79 Å². The quantitative estimate of drug-likeness (QED) is 0.790. The number of likely N-dealkylation sites (N-methyl/N-ethyl adjacent to an activating group) is 1. The molecule has 0 saturated carbocycles. The average Bonchev–Trinajstić information content (AvgIpc) is 3.00. The standard InChI is InChI=1S/C18H21N3O/c1-5-16(18(22)20(4)14(2)3)11-15-12-19-21(13-15)17-9-7-6-8-10-17/h6-13H,2,5H2,1,3-4H3/b16-11+. The highest BCUT2D eigenvalue weighted by Crippen LogP contribution is 2.15. The predicted molar refractivity (Wildman–Crippen MR) is 89.4 cm³/mol. The zero-order chi connectivity index (χ0) is 16.1. The van der Waals surface area contributed by atoms with E-state index in [4.69, 9.17) is 0 Å². The van der Waals surface area contributed by atoms with Crippen LogP contribution in [-0.4, -0.2) is 27.6 Å². The van der Waals surface area contributed by atoms with Crippen LogP contribution >= 0.6 is 0 Å². The fraction of sp³-hybridized carbons (Fsp3) is 0.222. The van der Waals surface area contributed by atoms with Gasteiger partial charge in [0.2, 0.25) is 0 Å². The van der Waals surface area contributed by atoms with Crippen molar-refractivity contribution in [2.75, 3.05) is 7.05 Å². The summed E-state index contributed by atoms with van der Waals surface area (Å²) in [5.74, 6) is -0.0255. The molecule has 1 heterocycles. The van der Waals surface area contributed by atoms with Gasteiger partial charge in [0, 0.05) is 30.1 Å². The van der Waals surface area contributed by atoms with Gasteiger partial charge in [-0.15, -0.1) is 0 Å². The fourth-order valence-corrected chi connectivity index (χ4v) is 2.04. The fourth-order valence-electron chi connectivity index (χ4n) is 2.04. The smallest absolute Gasteiger partial charge is 0.253 e. The molecular weight excluding hydrogens is 274 g/mol. The molecule has 0 aliphatic carbocycles. The summed E-state index contributed by atoms with van der Waals surface area (Å²) in [6, 6.07) is 9.88. The highest BCUT2D eigenvalue weighted by atomic mass is 16.2. The molecule has 1 amide bonds. The number of carbonyl (C=O) groups is 1. The number of carbonyl (C=O) groups excluding carboxylic acids is 1. The number of benzene rings is 1. The Kier molecular flexibility index (Phi) is 4.94. The van der Waals surface area contributed by atoms with E-state index in [0.717, 1.165) is 22.5 Å². The maximum Gasteiger partial charge on any atom is 0.253 e. The van der Waals surface area contributed by atoms with Crippen LogP contribution in [0.2, 0.25) is 0 Å². The van der Waals surface area contributed by atoms with Gasteiger partial charge in [-0.1, -0.05) is 31.7 Å². The van der Waals surface area contributed by atoms with Crippen molar-refractivity contribution >= 4 is 12.0 Å². The van der Waals surface area contributed by atoms with Crippen LogP contribution in [0.25, 0.3) is 11.8 Å². The third kappa shape index (κ3) is 3.52. The Morgan fingerprint density at radius 1 is 1.36 bits per heavy atom. The lowest BCUT2D eigenvalue weighted by Gasteiger charge is -2.18. The van der Waals surface area contributed by atoms with Crippen LogP contribution in [0.15, 0.2) is 60.6 Å². The minimum atomic E-state index is -0.0255.